The highest BCUT2D eigenvalue weighted by Gasteiger charge is 2.08. The molecule has 28 heavy (non-hydrogen) atoms. The summed E-state index contributed by atoms with van der Waals surface area (Å²) in [6, 6.07) is 21.8. The summed E-state index contributed by atoms with van der Waals surface area (Å²) in [7, 11) is 1.65. The number of aromatic nitrogens is 3. The van der Waals surface area contributed by atoms with E-state index in [9.17, 15) is 0 Å². The number of fused-ring (bicyclic) bond motifs is 4. The molecule has 0 saturated carbocycles. The minimum atomic E-state index is 0.669. The van der Waals surface area contributed by atoms with E-state index in [1.54, 1.807) is 13.3 Å². The van der Waals surface area contributed by atoms with E-state index in [0.717, 1.165) is 38.9 Å². The molecule has 2 aromatic carbocycles. The van der Waals surface area contributed by atoms with E-state index in [1.165, 1.54) is 0 Å². The van der Waals surface area contributed by atoms with Crippen molar-refractivity contribution in [3.63, 3.8) is 0 Å². The molecule has 0 spiro atoms. The molecule has 0 unspecified atom stereocenters. The van der Waals surface area contributed by atoms with Gasteiger partial charge in [0.2, 0.25) is 0 Å². The van der Waals surface area contributed by atoms with Gasteiger partial charge in [0, 0.05) is 17.6 Å². The van der Waals surface area contributed by atoms with Crippen molar-refractivity contribution in [3.05, 3.63) is 78.6 Å². The third-order valence-electron chi connectivity index (χ3n) is 4.65. The summed E-state index contributed by atoms with van der Waals surface area (Å²) in [6.45, 7) is 0. The summed E-state index contributed by atoms with van der Waals surface area (Å²) >= 11 is 0. The van der Waals surface area contributed by atoms with E-state index in [4.69, 9.17) is 9.72 Å². The molecule has 136 valence electrons. The fourth-order valence-electron chi connectivity index (χ4n) is 3.28. The molecule has 0 atom stereocenters. The van der Waals surface area contributed by atoms with Crippen LogP contribution < -0.4 is 10.2 Å². The van der Waals surface area contributed by atoms with Gasteiger partial charge >= 0.3 is 0 Å². The maximum Gasteiger partial charge on any atom is 0.171 e. The summed E-state index contributed by atoms with van der Waals surface area (Å²) < 4.78 is 7.40. The number of ether oxygens (including phenoxy) is 1. The topological polar surface area (TPSA) is 63.8 Å². The van der Waals surface area contributed by atoms with Crippen molar-refractivity contribution in [2.24, 2.45) is 5.10 Å². The standard InChI is InChI=1S/C22H17N5O/c1-28-17-10-11-20-19(13-17)25-22(21-7-4-12-27(20)21)26-23-14-16-9-8-15-5-2-3-6-18(15)24-16/h2-14H,1H3,(H,25,26)/b23-14+. The van der Waals surface area contributed by atoms with Gasteiger partial charge in [-0.3, -0.25) is 5.43 Å². The van der Waals surface area contributed by atoms with Crippen molar-refractivity contribution in [2.75, 3.05) is 12.5 Å². The maximum atomic E-state index is 5.32. The number of pyridine rings is 1. The lowest BCUT2D eigenvalue weighted by Crippen LogP contribution is -2.00. The van der Waals surface area contributed by atoms with E-state index in [2.05, 4.69) is 19.9 Å². The Balaban J connectivity index is 1.50. The molecular weight excluding hydrogens is 350 g/mol. The molecule has 3 heterocycles. The van der Waals surface area contributed by atoms with E-state index >= 15 is 0 Å². The molecule has 6 heteroatoms. The molecule has 0 amide bonds. The summed E-state index contributed by atoms with van der Waals surface area (Å²) in [5, 5.41) is 5.46. The van der Waals surface area contributed by atoms with Crippen LogP contribution in [-0.2, 0) is 0 Å². The van der Waals surface area contributed by atoms with Crippen LogP contribution in [0.2, 0.25) is 0 Å². The van der Waals surface area contributed by atoms with Gasteiger partial charge in [-0.1, -0.05) is 24.3 Å². The number of para-hydroxylation sites is 1. The molecule has 1 N–H and O–H groups in total. The van der Waals surface area contributed by atoms with Gasteiger partial charge in [0.15, 0.2) is 5.82 Å². The Morgan fingerprint density at radius 3 is 2.79 bits per heavy atom. The van der Waals surface area contributed by atoms with Crippen LogP contribution in [0.3, 0.4) is 0 Å². The second-order valence-electron chi connectivity index (χ2n) is 6.38. The Bertz CT molecular complexity index is 1340. The monoisotopic (exact) mass is 367 g/mol. The van der Waals surface area contributed by atoms with Crippen molar-refractivity contribution in [2.45, 2.75) is 0 Å². The van der Waals surface area contributed by atoms with Crippen molar-refractivity contribution in [1.29, 1.82) is 0 Å². The van der Waals surface area contributed by atoms with Gasteiger partial charge in [0.05, 0.1) is 41.1 Å². The highest BCUT2D eigenvalue weighted by atomic mass is 16.5. The minimum Gasteiger partial charge on any atom is -0.497 e. The summed E-state index contributed by atoms with van der Waals surface area (Å²) in [4.78, 5) is 9.32. The molecule has 0 saturated heterocycles. The molecular formula is C22H17N5O. The lowest BCUT2D eigenvalue weighted by molar-refractivity contribution is 0.415. The van der Waals surface area contributed by atoms with Crippen LogP contribution in [0.1, 0.15) is 5.69 Å². The van der Waals surface area contributed by atoms with Crippen LogP contribution in [0.25, 0.3) is 27.5 Å². The van der Waals surface area contributed by atoms with Crippen LogP contribution >= 0.6 is 0 Å². The lowest BCUT2D eigenvalue weighted by atomic mass is 10.2. The predicted molar refractivity (Wildman–Crippen MR) is 112 cm³/mol. The minimum absolute atomic E-state index is 0.669. The van der Waals surface area contributed by atoms with E-state index in [-0.39, 0.29) is 0 Å². The van der Waals surface area contributed by atoms with Gasteiger partial charge in [0.1, 0.15) is 5.75 Å². The van der Waals surface area contributed by atoms with Crippen molar-refractivity contribution >= 4 is 39.5 Å². The zero-order valence-corrected chi connectivity index (χ0v) is 15.2. The first-order valence-corrected chi connectivity index (χ1v) is 8.91. The highest BCUT2D eigenvalue weighted by Crippen LogP contribution is 2.25. The Kier molecular flexibility index (Phi) is 3.87. The average Bonchev–Trinajstić information content (AvgIpc) is 3.23. The van der Waals surface area contributed by atoms with Crippen LogP contribution in [0, 0.1) is 0 Å². The Morgan fingerprint density at radius 1 is 0.929 bits per heavy atom. The largest absolute Gasteiger partial charge is 0.497 e. The molecule has 0 aliphatic carbocycles. The van der Waals surface area contributed by atoms with Gasteiger partial charge < -0.3 is 9.14 Å². The Morgan fingerprint density at radius 2 is 1.86 bits per heavy atom. The molecule has 0 radical (unpaired) electrons. The van der Waals surface area contributed by atoms with Gasteiger partial charge in [-0.05, 0) is 36.4 Å². The van der Waals surface area contributed by atoms with Crippen LogP contribution in [-0.4, -0.2) is 27.7 Å². The number of hydrogen-bond acceptors (Lipinski definition) is 5. The summed E-state index contributed by atoms with van der Waals surface area (Å²) in [5.41, 5.74) is 7.55. The number of hydrazone groups is 1. The second kappa shape index (κ2) is 6.66. The number of rotatable bonds is 4. The Labute approximate surface area is 161 Å². The van der Waals surface area contributed by atoms with Crippen LogP contribution in [0.5, 0.6) is 5.75 Å². The Hall–Kier alpha value is -3.93. The lowest BCUT2D eigenvalue weighted by Gasteiger charge is -2.09. The first-order chi connectivity index (χ1) is 13.8. The van der Waals surface area contributed by atoms with Gasteiger partial charge in [0.25, 0.3) is 0 Å². The SMILES string of the molecule is COc1ccc2c(c1)nc(N/N=C/c1ccc3ccccc3n1)c1cccn12. The van der Waals surface area contributed by atoms with Crippen molar-refractivity contribution in [3.8, 4) is 5.75 Å². The highest BCUT2D eigenvalue weighted by molar-refractivity contribution is 5.87. The van der Waals surface area contributed by atoms with Crippen molar-refractivity contribution in [1.82, 2.24) is 14.4 Å². The molecule has 6 nitrogen and oxygen atoms in total. The molecule has 0 aliphatic rings. The molecule has 5 rings (SSSR count). The smallest absolute Gasteiger partial charge is 0.171 e. The van der Waals surface area contributed by atoms with E-state index in [0.29, 0.717) is 5.82 Å². The maximum absolute atomic E-state index is 5.32. The average molecular weight is 367 g/mol. The van der Waals surface area contributed by atoms with Gasteiger partial charge in [-0.25, -0.2) is 9.97 Å². The summed E-state index contributed by atoms with van der Waals surface area (Å²) in [5.74, 6) is 1.43. The first kappa shape index (κ1) is 16.3. The number of nitrogens with one attached hydrogen (secondary N) is 1. The molecule has 0 bridgehead atoms. The number of anilines is 1. The quantitative estimate of drug-likeness (QED) is 0.375. The predicted octanol–water partition coefficient (Wildman–Crippen LogP) is 4.49. The fraction of sp³-hybridized carbons (Fsp3) is 0.0455. The van der Waals surface area contributed by atoms with Gasteiger partial charge in [-0.15, -0.1) is 0 Å². The molecule has 0 aliphatic heterocycles. The van der Waals surface area contributed by atoms with Gasteiger partial charge in [-0.2, -0.15) is 5.10 Å². The summed E-state index contributed by atoms with van der Waals surface area (Å²) in [6.07, 6.45) is 3.70. The number of benzene rings is 2. The fourth-order valence-corrected chi connectivity index (χ4v) is 3.28. The number of nitrogens with zero attached hydrogens (tertiary/aromatic N) is 4. The number of hydrogen-bond donors (Lipinski definition) is 1. The third-order valence-corrected chi connectivity index (χ3v) is 4.65. The molecule has 5 aromatic rings. The zero-order valence-electron chi connectivity index (χ0n) is 15.2. The van der Waals surface area contributed by atoms with Crippen LogP contribution in [0.15, 0.2) is 78.0 Å². The zero-order chi connectivity index (χ0) is 18.9. The van der Waals surface area contributed by atoms with E-state index < -0.39 is 0 Å². The van der Waals surface area contributed by atoms with Crippen LogP contribution in [0.4, 0.5) is 5.82 Å². The third kappa shape index (κ3) is 2.81. The van der Waals surface area contributed by atoms with E-state index in [1.807, 2.05) is 72.9 Å². The second-order valence-corrected chi connectivity index (χ2v) is 6.38. The molecule has 3 aromatic heterocycles. The normalized spacial score (nSPS) is 11.6. The molecule has 0 fully saturated rings. The number of methoxy groups -OCH3 is 1. The van der Waals surface area contributed by atoms with Crippen molar-refractivity contribution < 1.29 is 4.74 Å². The first-order valence-electron chi connectivity index (χ1n) is 8.91.